The van der Waals surface area contributed by atoms with Gasteiger partial charge in [-0.15, -0.1) is 0 Å². The van der Waals surface area contributed by atoms with E-state index in [1.165, 1.54) is 19.3 Å². The Morgan fingerprint density at radius 2 is 1.91 bits per heavy atom. The van der Waals surface area contributed by atoms with Crippen molar-refractivity contribution in [1.29, 1.82) is 0 Å². The Labute approximate surface area is 138 Å². The number of halogens is 1. The van der Waals surface area contributed by atoms with Crippen LogP contribution < -0.4 is 14.9 Å². The molecule has 0 aromatic heterocycles. The van der Waals surface area contributed by atoms with Crippen LogP contribution >= 0.6 is 15.9 Å². The lowest BCUT2D eigenvalue weighted by Crippen LogP contribution is -2.48. The highest BCUT2D eigenvalue weighted by molar-refractivity contribution is 9.10. The fourth-order valence-corrected chi connectivity index (χ4v) is 4.27. The Hall–Kier alpha value is -1.27. The van der Waals surface area contributed by atoms with Gasteiger partial charge in [0, 0.05) is 23.0 Å². The lowest BCUT2D eigenvalue weighted by atomic mass is 9.79. The number of amides is 1. The number of hydrogen-bond donors (Lipinski definition) is 1. The first-order chi connectivity index (χ1) is 10.7. The summed E-state index contributed by atoms with van der Waals surface area (Å²) in [5, 5.41) is 2.15. The summed E-state index contributed by atoms with van der Waals surface area (Å²) in [5.41, 5.74) is 4.16. The Bertz CT molecular complexity index is 614. The van der Waals surface area contributed by atoms with Gasteiger partial charge in [0.2, 0.25) is 12.7 Å². The van der Waals surface area contributed by atoms with E-state index >= 15 is 0 Å². The van der Waals surface area contributed by atoms with Gasteiger partial charge in [-0.1, -0.05) is 35.2 Å². The molecule has 5 nitrogen and oxygen atoms in total. The minimum absolute atomic E-state index is 0.00879. The molecule has 1 aromatic rings. The van der Waals surface area contributed by atoms with E-state index in [-0.39, 0.29) is 18.2 Å². The predicted octanol–water partition coefficient (Wildman–Crippen LogP) is 3.12. The number of nitrogens with zero attached hydrogens (tertiary/aromatic N) is 1. The van der Waals surface area contributed by atoms with E-state index in [0.717, 1.165) is 34.4 Å². The van der Waals surface area contributed by atoms with Crippen LogP contribution in [0, 0.1) is 0 Å². The summed E-state index contributed by atoms with van der Waals surface area (Å²) in [5.74, 6) is 1.69. The molecule has 0 radical (unpaired) electrons. The van der Waals surface area contributed by atoms with Crippen molar-refractivity contribution in [2.75, 3.05) is 6.79 Å². The average molecular weight is 367 g/mol. The first-order valence-electron chi connectivity index (χ1n) is 7.81. The number of benzene rings is 1. The van der Waals surface area contributed by atoms with Crippen molar-refractivity contribution in [3.05, 3.63) is 22.2 Å². The predicted molar refractivity (Wildman–Crippen MR) is 84.4 cm³/mol. The summed E-state index contributed by atoms with van der Waals surface area (Å²) < 4.78 is 11.9. The Kier molecular flexibility index (Phi) is 3.53. The minimum atomic E-state index is -0.00879. The SMILES string of the molecule is O=C1CC2(CCCCC2)N(Cc2cc3c(cc2Br)OCO3)N1. The number of fused-ring (bicyclic) bond motifs is 1. The molecule has 1 saturated carbocycles. The van der Waals surface area contributed by atoms with E-state index in [4.69, 9.17) is 9.47 Å². The van der Waals surface area contributed by atoms with Gasteiger partial charge in [-0.25, -0.2) is 5.01 Å². The van der Waals surface area contributed by atoms with Crippen LogP contribution in [0.3, 0.4) is 0 Å². The maximum Gasteiger partial charge on any atom is 0.236 e. The van der Waals surface area contributed by atoms with Crippen LogP contribution in [-0.4, -0.2) is 23.2 Å². The van der Waals surface area contributed by atoms with Gasteiger partial charge in [-0.3, -0.25) is 10.2 Å². The highest BCUT2D eigenvalue weighted by Crippen LogP contribution is 2.42. The second-order valence-electron chi connectivity index (χ2n) is 6.38. The molecular weight excluding hydrogens is 348 g/mol. The average Bonchev–Trinajstić information content (AvgIpc) is 3.05. The van der Waals surface area contributed by atoms with Crippen LogP contribution in [0.25, 0.3) is 0 Å². The standard InChI is InChI=1S/C16H19BrN2O3/c17-12-7-14-13(21-10-22-14)6-11(12)9-19-16(8-15(20)18-19)4-2-1-3-5-16/h6-7H,1-5,8-10H2,(H,18,20). The molecule has 1 spiro atoms. The third kappa shape index (κ3) is 2.38. The van der Waals surface area contributed by atoms with Crippen LogP contribution in [0.15, 0.2) is 16.6 Å². The van der Waals surface area contributed by atoms with Crippen LogP contribution in [0.5, 0.6) is 11.5 Å². The molecule has 4 rings (SSSR count). The number of carbonyl (C=O) groups excluding carboxylic acids is 1. The summed E-state index contributed by atoms with van der Waals surface area (Å²) >= 11 is 3.61. The molecular formula is C16H19BrN2O3. The van der Waals surface area contributed by atoms with E-state index in [1.807, 2.05) is 12.1 Å². The van der Waals surface area contributed by atoms with Crippen LogP contribution in [0.1, 0.15) is 44.1 Å². The van der Waals surface area contributed by atoms with Gasteiger partial charge in [0.1, 0.15) is 0 Å². The van der Waals surface area contributed by atoms with Gasteiger partial charge >= 0.3 is 0 Å². The molecule has 1 N–H and O–H groups in total. The van der Waals surface area contributed by atoms with E-state index in [9.17, 15) is 4.79 Å². The fourth-order valence-electron chi connectivity index (χ4n) is 3.82. The van der Waals surface area contributed by atoms with Gasteiger partial charge in [0.15, 0.2) is 11.5 Å². The molecule has 0 unspecified atom stereocenters. The Morgan fingerprint density at radius 3 is 2.68 bits per heavy atom. The molecule has 6 heteroatoms. The van der Waals surface area contributed by atoms with Crippen LogP contribution in [0.2, 0.25) is 0 Å². The minimum Gasteiger partial charge on any atom is -0.454 e. The first kappa shape index (κ1) is 14.3. The maximum absolute atomic E-state index is 12.0. The number of carbonyl (C=O) groups is 1. The van der Waals surface area contributed by atoms with Gasteiger partial charge in [0.25, 0.3) is 0 Å². The molecule has 22 heavy (non-hydrogen) atoms. The highest BCUT2D eigenvalue weighted by atomic mass is 79.9. The van der Waals surface area contributed by atoms with E-state index in [1.54, 1.807) is 0 Å². The molecule has 2 aliphatic heterocycles. The van der Waals surface area contributed by atoms with Crippen molar-refractivity contribution in [2.45, 2.75) is 50.6 Å². The van der Waals surface area contributed by atoms with E-state index in [2.05, 4.69) is 26.4 Å². The molecule has 0 bridgehead atoms. The summed E-state index contributed by atoms with van der Waals surface area (Å²) in [7, 11) is 0. The molecule has 3 aliphatic rings. The first-order valence-corrected chi connectivity index (χ1v) is 8.61. The summed E-state index contributed by atoms with van der Waals surface area (Å²) in [4.78, 5) is 12.0. The third-order valence-electron chi connectivity index (χ3n) is 4.98. The third-order valence-corrected chi connectivity index (χ3v) is 5.71. The summed E-state index contributed by atoms with van der Waals surface area (Å²) in [6.45, 7) is 0.957. The van der Waals surface area contributed by atoms with E-state index < -0.39 is 0 Å². The fraction of sp³-hybridized carbons (Fsp3) is 0.562. The number of nitrogens with one attached hydrogen (secondary N) is 1. The van der Waals surface area contributed by atoms with Crippen molar-refractivity contribution in [1.82, 2.24) is 10.4 Å². The Morgan fingerprint density at radius 1 is 1.18 bits per heavy atom. The number of hydrazine groups is 1. The molecule has 1 saturated heterocycles. The topological polar surface area (TPSA) is 50.8 Å². The molecule has 1 aromatic carbocycles. The molecule has 2 fully saturated rings. The van der Waals surface area contributed by atoms with Gasteiger partial charge in [0.05, 0.1) is 0 Å². The van der Waals surface area contributed by atoms with Crippen molar-refractivity contribution < 1.29 is 14.3 Å². The van der Waals surface area contributed by atoms with Gasteiger partial charge in [-0.05, 0) is 30.5 Å². The van der Waals surface area contributed by atoms with Crippen molar-refractivity contribution >= 4 is 21.8 Å². The molecule has 1 amide bonds. The van der Waals surface area contributed by atoms with E-state index in [0.29, 0.717) is 13.0 Å². The monoisotopic (exact) mass is 366 g/mol. The lowest BCUT2D eigenvalue weighted by Gasteiger charge is -2.40. The maximum atomic E-state index is 12.0. The number of rotatable bonds is 2. The quantitative estimate of drug-likeness (QED) is 0.873. The zero-order chi connectivity index (χ0) is 15.2. The summed E-state index contributed by atoms with van der Waals surface area (Å²) in [6.07, 6.45) is 6.48. The largest absolute Gasteiger partial charge is 0.454 e. The van der Waals surface area contributed by atoms with Crippen LogP contribution in [0.4, 0.5) is 0 Å². The number of ether oxygens (including phenoxy) is 2. The normalized spacial score (nSPS) is 23.0. The highest BCUT2D eigenvalue weighted by Gasteiger charge is 2.45. The van der Waals surface area contributed by atoms with Crippen molar-refractivity contribution in [3.8, 4) is 11.5 Å². The number of hydrogen-bond acceptors (Lipinski definition) is 4. The van der Waals surface area contributed by atoms with Gasteiger partial charge in [-0.2, -0.15) is 0 Å². The second-order valence-corrected chi connectivity index (χ2v) is 7.23. The lowest BCUT2D eigenvalue weighted by molar-refractivity contribution is -0.121. The zero-order valence-electron chi connectivity index (χ0n) is 12.4. The molecule has 118 valence electrons. The van der Waals surface area contributed by atoms with Crippen molar-refractivity contribution in [3.63, 3.8) is 0 Å². The van der Waals surface area contributed by atoms with Crippen molar-refractivity contribution in [2.24, 2.45) is 0 Å². The second kappa shape index (κ2) is 5.42. The van der Waals surface area contributed by atoms with Crippen LogP contribution in [-0.2, 0) is 11.3 Å². The molecule has 2 heterocycles. The van der Waals surface area contributed by atoms with Gasteiger partial charge < -0.3 is 9.47 Å². The summed E-state index contributed by atoms with van der Waals surface area (Å²) in [6, 6.07) is 3.95. The molecule has 0 atom stereocenters. The molecule has 1 aliphatic carbocycles. The zero-order valence-corrected chi connectivity index (χ0v) is 13.9. The Balaban J connectivity index is 1.61. The smallest absolute Gasteiger partial charge is 0.236 e.